The number of halogens is 2. The standard InChI is InChI=1S/C32H38Cl2N4O3/c1-31(2,3)37-29(39)27-24(34)16-17-25-28(27)32(36-19-11-5-10-18-35,22-13-7-8-14-23(22)33)30(40)38(25)20-21-12-6-9-15-26(21)41-4/h6-9,12-17,36H,5,10-11,18-20,35H2,1-4H3,(H,37,39). The molecule has 1 aliphatic heterocycles. The lowest BCUT2D eigenvalue weighted by Crippen LogP contribution is -2.53. The summed E-state index contributed by atoms with van der Waals surface area (Å²) in [7, 11) is 1.60. The maximum absolute atomic E-state index is 14.9. The van der Waals surface area contributed by atoms with Gasteiger partial charge in [0, 0.05) is 27.3 Å². The van der Waals surface area contributed by atoms with Gasteiger partial charge in [-0.25, -0.2) is 0 Å². The van der Waals surface area contributed by atoms with Gasteiger partial charge in [0.05, 0.1) is 29.9 Å². The van der Waals surface area contributed by atoms with Crippen molar-refractivity contribution in [2.75, 3.05) is 25.1 Å². The zero-order chi connectivity index (χ0) is 29.8. The van der Waals surface area contributed by atoms with Gasteiger partial charge in [-0.3, -0.25) is 14.9 Å². The van der Waals surface area contributed by atoms with Gasteiger partial charge in [-0.2, -0.15) is 0 Å². The highest BCUT2D eigenvalue weighted by Crippen LogP contribution is 2.50. The van der Waals surface area contributed by atoms with Crippen LogP contribution in [0.2, 0.25) is 10.0 Å². The average Bonchev–Trinajstić information content (AvgIpc) is 3.15. The number of nitrogens with zero attached hydrogens (tertiary/aromatic N) is 1. The fourth-order valence-corrected chi connectivity index (χ4v) is 5.89. The normalized spacial score (nSPS) is 16.6. The van der Waals surface area contributed by atoms with E-state index in [9.17, 15) is 9.59 Å². The summed E-state index contributed by atoms with van der Waals surface area (Å²) in [6.07, 6.45) is 2.54. The molecule has 0 aromatic heterocycles. The van der Waals surface area contributed by atoms with Gasteiger partial charge in [0.15, 0.2) is 5.54 Å². The second kappa shape index (κ2) is 12.8. The third kappa shape index (κ3) is 6.24. The Morgan fingerprint density at radius 2 is 1.68 bits per heavy atom. The molecule has 4 N–H and O–H groups in total. The lowest BCUT2D eigenvalue weighted by atomic mass is 9.80. The second-order valence-electron chi connectivity index (χ2n) is 11.2. The van der Waals surface area contributed by atoms with E-state index in [1.54, 1.807) is 30.2 Å². The summed E-state index contributed by atoms with van der Waals surface area (Å²) in [4.78, 5) is 30.5. The third-order valence-corrected chi connectivity index (χ3v) is 7.79. The van der Waals surface area contributed by atoms with E-state index in [0.29, 0.717) is 40.7 Å². The first-order valence-corrected chi connectivity index (χ1v) is 14.6. The Kier molecular flexibility index (Phi) is 9.65. The molecule has 1 heterocycles. The van der Waals surface area contributed by atoms with Crippen LogP contribution in [0.4, 0.5) is 5.69 Å². The van der Waals surface area contributed by atoms with Crippen LogP contribution in [0.5, 0.6) is 5.75 Å². The van der Waals surface area contributed by atoms with E-state index in [-0.39, 0.29) is 28.9 Å². The molecule has 3 aromatic rings. The minimum atomic E-state index is -1.46. The van der Waals surface area contributed by atoms with Crippen molar-refractivity contribution in [3.05, 3.63) is 93.0 Å². The average molecular weight is 598 g/mol. The summed E-state index contributed by atoms with van der Waals surface area (Å²) in [5.74, 6) is 0.0385. The van der Waals surface area contributed by atoms with Crippen molar-refractivity contribution in [3.8, 4) is 5.75 Å². The van der Waals surface area contributed by atoms with Gasteiger partial charge < -0.3 is 20.7 Å². The van der Waals surface area contributed by atoms with Crippen LogP contribution in [0.25, 0.3) is 0 Å². The van der Waals surface area contributed by atoms with Crippen LogP contribution in [-0.4, -0.2) is 37.6 Å². The number of carbonyl (C=O) groups excluding carboxylic acids is 2. The van der Waals surface area contributed by atoms with Gasteiger partial charge in [-0.1, -0.05) is 66.0 Å². The number of rotatable bonds is 11. The van der Waals surface area contributed by atoms with Gasteiger partial charge in [0.25, 0.3) is 11.8 Å². The smallest absolute Gasteiger partial charge is 0.257 e. The van der Waals surface area contributed by atoms with Crippen molar-refractivity contribution in [2.45, 2.75) is 57.7 Å². The van der Waals surface area contributed by atoms with Crippen LogP contribution in [0.1, 0.15) is 67.1 Å². The lowest BCUT2D eigenvalue weighted by Gasteiger charge is -2.33. The zero-order valence-electron chi connectivity index (χ0n) is 24.0. The highest BCUT2D eigenvalue weighted by molar-refractivity contribution is 6.35. The van der Waals surface area contributed by atoms with E-state index < -0.39 is 11.1 Å². The van der Waals surface area contributed by atoms with Gasteiger partial charge in [0.1, 0.15) is 5.75 Å². The number of nitrogens with one attached hydrogen (secondary N) is 2. The molecule has 1 atom stereocenters. The highest BCUT2D eigenvalue weighted by atomic mass is 35.5. The summed E-state index contributed by atoms with van der Waals surface area (Å²) in [6, 6.07) is 18.3. The Bertz CT molecular complexity index is 1420. The molecule has 4 rings (SSSR count). The van der Waals surface area contributed by atoms with Crippen molar-refractivity contribution >= 4 is 40.7 Å². The number of anilines is 1. The first kappa shape index (κ1) is 30.8. The van der Waals surface area contributed by atoms with Crippen molar-refractivity contribution in [1.82, 2.24) is 10.6 Å². The summed E-state index contributed by atoms with van der Waals surface area (Å²) in [5, 5.41) is 7.26. The maximum atomic E-state index is 14.9. The molecule has 7 nitrogen and oxygen atoms in total. The Labute approximate surface area is 252 Å². The van der Waals surface area contributed by atoms with E-state index in [1.807, 2.05) is 63.2 Å². The molecule has 9 heteroatoms. The molecular formula is C32H38Cl2N4O3. The summed E-state index contributed by atoms with van der Waals surface area (Å²) in [6.45, 7) is 7.01. The van der Waals surface area contributed by atoms with Crippen LogP contribution < -0.4 is 26.0 Å². The zero-order valence-corrected chi connectivity index (χ0v) is 25.5. The van der Waals surface area contributed by atoms with E-state index >= 15 is 0 Å². The predicted molar refractivity (Wildman–Crippen MR) is 166 cm³/mol. The van der Waals surface area contributed by atoms with Crippen LogP contribution in [0.15, 0.2) is 60.7 Å². The monoisotopic (exact) mass is 596 g/mol. The molecule has 3 aromatic carbocycles. The topological polar surface area (TPSA) is 96.7 Å². The van der Waals surface area contributed by atoms with Gasteiger partial charge in [-0.05, 0) is 71.0 Å². The number of para-hydroxylation sites is 1. The number of methoxy groups -OCH3 is 1. The minimum absolute atomic E-state index is 0.221. The molecule has 0 spiro atoms. The minimum Gasteiger partial charge on any atom is -0.496 e. The summed E-state index contributed by atoms with van der Waals surface area (Å²) < 4.78 is 5.60. The molecule has 41 heavy (non-hydrogen) atoms. The number of hydrogen-bond acceptors (Lipinski definition) is 5. The SMILES string of the molecule is COc1ccccc1CN1C(=O)C(NCCCCCN)(c2ccccc2Cl)c2c1ccc(Cl)c2C(=O)NC(C)(C)C. The molecule has 0 bridgehead atoms. The number of amides is 2. The molecule has 0 aliphatic carbocycles. The Morgan fingerprint density at radius 1 is 0.976 bits per heavy atom. The maximum Gasteiger partial charge on any atom is 0.257 e. The lowest BCUT2D eigenvalue weighted by molar-refractivity contribution is -0.123. The van der Waals surface area contributed by atoms with Crippen LogP contribution in [-0.2, 0) is 16.9 Å². The summed E-state index contributed by atoms with van der Waals surface area (Å²) in [5.41, 5.74) is 6.41. The fourth-order valence-electron chi connectivity index (χ4n) is 5.37. The van der Waals surface area contributed by atoms with Crippen molar-refractivity contribution in [3.63, 3.8) is 0 Å². The molecule has 0 fully saturated rings. The van der Waals surface area contributed by atoms with E-state index in [4.69, 9.17) is 33.7 Å². The number of fused-ring (bicyclic) bond motifs is 1. The predicted octanol–water partition coefficient (Wildman–Crippen LogP) is 6.04. The molecule has 218 valence electrons. The van der Waals surface area contributed by atoms with Gasteiger partial charge >= 0.3 is 0 Å². The molecule has 0 saturated carbocycles. The number of carbonyl (C=O) groups is 2. The number of nitrogens with two attached hydrogens (primary N) is 1. The molecule has 1 unspecified atom stereocenters. The fraction of sp³-hybridized carbons (Fsp3) is 0.375. The van der Waals surface area contributed by atoms with Crippen molar-refractivity contribution in [1.29, 1.82) is 0 Å². The largest absolute Gasteiger partial charge is 0.496 e. The number of ether oxygens (including phenoxy) is 1. The molecule has 1 aliphatic rings. The summed E-state index contributed by atoms with van der Waals surface area (Å²) >= 11 is 13.6. The highest BCUT2D eigenvalue weighted by Gasteiger charge is 2.55. The quantitative estimate of drug-likeness (QED) is 0.234. The van der Waals surface area contributed by atoms with Crippen LogP contribution in [0.3, 0.4) is 0 Å². The van der Waals surface area contributed by atoms with Gasteiger partial charge in [0.2, 0.25) is 0 Å². The van der Waals surface area contributed by atoms with Crippen molar-refractivity contribution in [2.24, 2.45) is 5.73 Å². The third-order valence-electron chi connectivity index (χ3n) is 7.15. The Hall–Kier alpha value is -3.10. The van der Waals surface area contributed by atoms with Crippen LogP contribution in [0, 0.1) is 0 Å². The van der Waals surface area contributed by atoms with Gasteiger partial charge in [-0.15, -0.1) is 0 Å². The van der Waals surface area contributed by atoms with E-state index in [2.05, 4.69) is 10.6 Å². The molecule has 2 amide bonds. The number of unbranched alkanes of at least 4 members (excludes halogenated alkanes) is 2. The Balaban J connectivity index is 1.99. The van der Waals surface area contributed by atoms with E-state index in [0.717, 1.165) is 24.8 Å². The van der Waals surface area contributed by atoms with Crippen molar-refractivity contribution < 1.29 is 14.3 Å². The molecule has 0 saturated heterocycles. The number of benzene rings is 3. The number of hydrogen-bond donors (Lipinski definition) is 3. The van der Waals surface area contributed by atoms with E-state index in [1.165, 1.54) is 0 Å². The first-order chi connectivity index (χ1) is 19.5. The Morgan fingerprint density at radius 3 is 2.37 bits per heavy atom. The molecular weight excluding hydrogens is 559 g/mol. The molecule has 0 radical (unpaired) electrons. The second-order valence-corrected chi connectivity index (χ2v) is 12.0. The first-order valence-electron chi connectivity index (χ1n) is 13.8. The van der Waals surface area contributed by atoms with Crippen LogP contribution >= 0.6 is 23.2 Å².